The van der Waals surface area contributed by atoms with Crippen LogP contribution in [0.15, 0.2) is 120 Å². The topological polar surface area (TPSA) is 71.1 Å². The molecule has 4 aromatic rings. The quantitative estimate of drug-likeness (QED) is 0.141. The molecule has 0 aliphatic carbocycles. The maximum Gasteiger partial charge on any atom is 0.337 e. The van der Waals surface area contributed by atoms with E-state index in [0.717, 1.165) is 22.3 Å². The average Bonchev–Trinajstić information content (AvgIpc) is 3.59. The second-order valence-corrected chi connectivity index (χ2v) is 14.5. The van der Waals surface area contributed by atoms with Crippen molar-refractivity contribution in [1.29, 1.82) is 0 Å². The summed E-state index contributed by atoms with van der Waals surface area (Å²) in [5, 5.41) is 2.22. The molecule has 2 atom stereocenters. The molecule has 0 fully saturated rings. The van der Waals surface area contributed by atoms with Crippen LogP contribution in [0.1, 0.15) is 62.8 Å². The molecule has 0 bridgehead atoms. The number of halogens is 4. The van der Waals surface area contributed by atoms with Gasteiger partial charge in [0, 0.05) is 54.2 Å². The summed E-state index contributed by atoms with van der Waals surface area (Å²) >= 11 is 25.6. The number of ether oxygens (including phenoxy) is 4. The molecule has 6 nitrogen and oxygen atoms in total. The minimum Gasteiger partial charge on any atom is -0.481 e. The molecule has 4 aromatic carbocycles. The maximum absolute atomic E-state index is 13.9. The fraction of sp³-hybridized carbons (Fsp3) is 0.286. The van der Waals surface area contributed by atoms with E-state index in [0.29, 0.717) is 55.6 Å². The van der Waals surface area contributed by atoms with Gasteiger partial charge in [0.2, 0.25) is 0 Å². The lowest BCUT2D eigenvalue weighted by atomic mass is 9.67. The Morgan fingerprint density at radius 1 is 0.519 bits per heavy atom. The molecule has 2 heterocycles. The van der Waals surface area contributed by atoms with Crippen LogP contribution >= 0.6 is 46.4 Å². The Balaban J connectivity index is 1.57. The Morgan fingerprint density at radius 2 is 0.769 bits per heavy atom. The Labute approximate surface area is 324 Å². The van der Waals surface area contributed by atoms with Crippen molar-refractivity contribution >= 4 is 58.3 Å². The monoisotopic (exact) mass is 778 g/mol. The molecule has 0 aromatic heterocycles. The van der Waals surface area contributed by atoms with Crippen LogP contribution in [0.25, 0.3) is 0 Å². The van der Waals surface area contributed by atoms with Gasteiger partial charge in [-0.2, -0.15) is 0 Å². The van der Waals surface area contributed by atoms with Gasteiger partial charge in [-0.25, -0.2) is 9.59 Å². The van der Waals surface area contributed by atoms with Crippen LogP contribution in [0.3, 0.4) is 0 Å². The van der Waals surface area contributed by atoms with E-state index in [-0.39, 0.29) is 13.2 Å². The lowest BCUT2D eigenvalue weighted by Gasteiger charge is -2.40. The highest BCUT2D eigenvalue weighted by molar-refractivity contribution is 6.31. The second-order valence-electron chi connectivity index (χ2n) is 12.8. The SMILES string of the molecule is CCOC(=O)C1=C(C)OC(c2ccc(Cl)cc2)(c2ccc(Cl)cc2)C1CCC1C(C(=O)OCC)=C(C)OC1(c1ccc(Cl)cc1)c1ccc(Cl)cc1. The predicted octanol–water partition coefficient (Wildman–Crippen LogP) is 11.2. The first-order valence-electron chi connectivity index (χ1n) is 17.1. The molecule has 0 saturated heterocycles. The third-order valence-electron chi connectivity index (χ3n) is 9.89. The van der Waals surface area contributed by atoms with Crippen molar-refractivity contribution in [2.24, 2.45) is 11.8 Å². The van der Waals surface area contributed by atoms with Gasteiger partial charge in [-0.15, -0.1) is 0 Å². The van der Waals surface area contributed by atoms with Crippen LogP contribution in [0.5, 0.6) is 0 Å². The summed E-state index contributed by atoms with van der Waals surface area (Å²) in [5.41, 5.74) is 1.57. The van der Waals surface area contributed by atoms with Crippen molar-refractivity contribution in [3.63, 3.8) is 0 Å². The lowest BCUT2D eigenvalue weighted by Crippen LogP contribution is -2.40. The van der Waals surface area contributed by atoms with Crippen molar-refractivity contribution in [2.45, 2.75) is 51.7 Å². The number of carbonyl (C=O) groups is 2. The number of allylic oxidation sites excluding steroid dienone is 2. The van der Waals surface area contributed by atoms with E-state index < -0.39 is 35.0 Å². The summed E-state index contributed by atoms with van der Waals surface area (Å²) in [6, 6.07) is 29.7. The van der Waals surface area contributed by atoms with Gasteiger partial charge in [0.25, 0.3) is 0 Å². The standard InChI is InChI=1S/C42H38Cl4O6/c1-5-49-39(47)37-25(3)51-41(27-7-15-31(43)16-8-27,28-9-17-32(44)18-10-28)35(37)23-24-36-38(40(48)50-6-2)26(4)52-42(36,29-11-19-33(45)20-12-29)30-13-21-34(46)22-14-30/h7-22,35-36H,5-6,23-24H2,1-4H3. The zero-order chi connectivity index (χ0) is 37.2. The first-order chi connectivity index (χ1) is 25.0. The summed E-state index contributed by atoms with van der Waals surface area (Å²) < 4.78 is 25.2. The highest BCUT2D eigenvalue weighted by Crippen LogP contribution is 2.57. The number of rotatable bonds is 11. The molecule has 6 rings (SSSR count). The van der Waals surface area contributed by atoms with E-state index in [1.165, 1.54) is 0 Å². The summed E-state index contributed by atoms with van der Waals surface area (Å²) in [6.07, 6.45) is 0.702. The van der Waals surface area contributed by atoms with Crippen molar-refractivity contribution in [3.8, 4) is 0 Å². The van der Waals surface area contributed by atoms with Gasteiger partial charge in [-0.05, 0) is 89.1 Å². The first kappa shape index (κ1) is 37.8. The van der Waals surface area contributed by atoms with Crippen molar-refractivity contribution < 1.29 is 28.5 Å². The molecular formula is C42H38Cl4O6. The van der Waals surface area contributed by atoms with E-state index in [1.807, 2.05) is 48.5 Å². The normalized spacial score (nSPS) is 18.9. The van der Waals surface area contributed by atoms with Crippen LogP contribution in [-0.4, -0.2) is 25.2 Å². The summed E-state index contributed by atoms with van der Waals surface area (Å²) in [7, 11) is 0. The molecule has 2 aliphatic rings. The third kappa shape index (κ3) is 6.82. The highest BCUT2D eigenvalue weighted by Gasteiger charge is 2.57. The summed E-state index contributed by atoms with van der Waals surface area (Å²) in [5.74, 6) is -1.25. The van der Waals surface area contributed by atoms with E-state index in [2.05, 4.69) is 0 Å². The Hall–Kier alpha value is -3.94. The first-order valence-corrected chi connectivity index (χ1v) is 18.6. The van der Waals surface area contributed by atoms with Gasteiger partial charge in [-0.3, -0.25) is 0 Å². The van der Waals surface area contributed by atoms with Crippen molar-refractivity contribution in [3.05, 3.63) is 162 Å². The summed E-state index contributed by atoms with van der Waals surface area (Å²) in [6.45, 7) is 7.46. The van der Waals surface area contributed by atoms with Gasteiger partial charge in [0.1, 0.15) is 11.5 Å². The Bertz CT molecular complexity index is 1760. The minimum absolute atomic E-state index is 0.179. The molecule has 0 saturated carbocycles. The molecular weight excluding hydrogens is 742 g/mol. The number of carbonyl (C=O) groups excluding carboxylic acids is 2. The van der Waals surface area contributed by atoms with E-state index in [1.54, 1.807) is 76.2 Å². The Kier molecular flexibility index (Phi) is 11.3. The minimum atomic E-state index is -1.19. The zero-order valence-electron chi connectivity index (χ0n) is 29.2. The van der Waals surface area contributed by atoms with Crippen LogP contribution in [0.2, 0.25) is 20.1 Å². The number of esters is 2. The predicted molar refractivity (Wildman–Crippen MR) is 204 cm³/mol. The van der Waals surface area contributed by atoms with Gasteiger partial charge >= 0.3 is 11.9 Å². The molecule has 2 aliphatic heterocycles. The van der Waals surface area contributed by atoms with E-state index >= 15 is 0 Å². The van der Waals surface area contributed by atoms with Gasteiger partial charge in [-0.1, -0.05) is 94.9 Å². The van der Waals surface area contributed by atoms with Gasteiger partial charge in [0.15, 0.2) is 11.2 Å². The molecule has 52 heavy (non-hydrogen) atoms. The summed E-state index contributed by atoms with van der Waals surface area (Å²) in [4.78, 5) is 27.9. The molecule has 2 unspecified atom stereocenters. The van der Waals surface area contributed by atoms with Crippen LogP contribution in [0.4, 0.5) is 0 Å². The largest absolute Gasteiger partial charge is 0.481 e. The fourth-order valence-electron chi connectivity index (χ4n) is 7.81. The highest BCUT2D eigenvalue weighted by atomic mass is 35.5. The molecule has 0 spiro atoms. The van der Waals surface area contributed by atoms with Crippen LogP contribution < -0.4 is 0 Å². The van der Waals surface area contributed by atoms with Crippen molar-refractivity contribution in [2.75, 3.05) is 13.2 Å². The zero-order valence-corrected chi connectivity index (χ0v) is 32.2. The third-order valence-corrected chi connectivity index (χ3v) is 10.9. The maximum atomic E-state index is 13.9. The van der Waals surface area contributed by atoms with Gasteiger partial charge < -0.3 is 18.9 Å². The number of hydrogen-bond donors (Lipinski definition) is 0. The van der Waals surface area contributed by atoms with Gasteiger partial charge in [0.05, 0.1) is 24.4 Å². The molecule has 0 amide bonds. The number of hydrogen-bond acceptors (Lipinski definition) is 6. The fourth-order valence-corrected chi connectivity index (χ4v) is 8.32. The van der Waals surface area contributed by atoms with Crippen molar-refractivity contribution in [1.82, 2.24) is 0 Å². The molecule has 0 N–H and O–H groups in total. The average molecular weight is 781 g/mol. The van der Waals surface area contributed by atoms with E-state index in [9.17, 15) is 9.59 Å². The second kappa shape index (κ2) is 15.6. The Morgan fingerprint density at radius 3 is 1.00 bits per heavy atom. The lowest BCUT2D eigenvalue weighted by molar-refractivity contribution is -0.140. The molecule has 270 valence electrons. The van der Waals surface area contributed by atoms with Crippen LogP contribution in [0, 0.1) is 11.8 Å². The van der Waals surface area contributed by atoms with Crippen LogP contribution in [-0.2, 0) is 39.7 Å². The van der Waals surface area contributed by atoms with E-state index in [4.69, 9.17) is 65.4 Å². The smallest absolute Gasteiger partial charge is 0.337 e. The molecule has 0 radical (unpaired) electrons. The molecule has 10 heteroatoms. The number of benzene rings is 4.